The molecular weight excluding hydrogens is 410 g/mol. The van der Waals surface area contributed by atoms with Crippen molar-refractivity contribution in [3.8, 4) is 5.75 Å². The van der Waals surface area contributed by atoms with Gasteiger partial charge in [0.1, 0.15) is 5.75 Å². The molecule has 1 amide bonds. The number of rotatable bonds is 9. The van der Waals surface area contributed by atoms with Crippen LogP contribution in [0.3, 0.4) is 0 Å². The molecule has 7 heteroatoms. The van der Waals surface area contributed by atoms with Gasteiger partial charge in [-0.3, -0.25) is 9.69 Å². The van der Waals surface area contributed by atoms with E-state index < -0.39 is 0 Å². The van der Waals surface area contributed by atoms with Crippen LogP contribution >= 0.6 is 15.9 Å². The second-order valence-electron chi connectivity index (χ2n) is 7.45. The molecule has 152 valence electrons. The van der Waals surface area contributed by atoms with Gasteiger partial charge in [-0.2, -0.15) is 0 Å². The van der Waals surface area contributed by atoms with Crippen LogP contribution in [0.1, 0.15) is 32.4 Å². The van der Waals surface area contributed by atoms with E-state index in [-0.39, 0.29) is 24.6 Å². The summed E-state index contributed by atoms with van der Waals surface area (Å²) >= 11 is 3.49. The van der Waals surface area contributed by atoms with E-state index in [1.807, 2.05) is 25.1 Å². The van der Waals surface area contributed by atoms with Crippen molar-refractivity contribution in [2.75, 3.05) is 46.4 Å². The Labute approximate surface area is 171 Å². The monoisotopic (exact) mass is 441 g/mol. The molecule has 0 aromatic heterocycles. The zero-order chi connectivity index (χ0) is 19.8. The van der Waals surface area contributed by atoms with E-state index in [1.54, 1.807) is 7.11 Å². The fourth-order valence-electron chi connectivity index (χ4n) is 3.19. The second kappa shape index (κ2) is 11.0. The third-order valence-corrected chi connectivity index (χ3v) is 5.24. The summed E-state index contributed by atoms with van der Waals surface area (Å²) in [5, 5.41) is 6.24. The number of ether oxygens (including phenoxy) is 2. The first kappa shape index (κ1) is 22.1. The van der Waals surface area contributed by atoms with Crippen molar-refractivity contribution < 1.29 is 14.3 Å². The van der Waals surface area contributed by atoms with E-state index in [0.29, 0.717) is 12.5 Å². The molecule has 2 rings (SSSR count). The number of benzene rings is 1. The summed E-state index contributed by atoms with van der Waals surface area (Å²) in [7, 11) is 1.64. The molecule has 0 aliphatic carbocycles. The van der Waals surface area contributed by atoms with Crippen LogP contribution in [-0.4, -0.2) is 63.4 Å². The van der Waals surface area contributed by atoms with Gasteiger partial charge in [0.15, 0.2) is 0 Å². The highest BCUT2D eigenvalue weighted by molar-refractivity contribution is 9.10. The molecule has 0 spiro atoms. The molecule has 1 aromatic carbocycles. The van der Waals surface area contributed by atoms with Gasteiger partial charge in [0.2, 0.25) is 5.91 Å². The topological polar surface area (TPSA) is 62.8 Å². The van der Waals surface area contributed by atoms with Gasteiger partial charge in [-0.05, 0) is 46.5 Å². The van der Waals surface area contributed by atoms with Crippen LogP contribution in [0.2, 0.25) is 0 Å². The largest absolute Gasteiger partial charge is 0.496 e. The molecule has 2 atom stereocenters. The van der Waals surface area contributed by atoms with Crippen LogP contribution in [0.4, 0.5) is 0 Å². The van der Waals surface area contributed by atoms with E-state index in [0.717, 1.165) is 42.0 Å². The number of halogens is 1. The molecule has 1 aliphatic heterocycles. The number of carbonyl (C=O) groups is 1. The van der Waals surface area contributed by atoms with Crippen LogP contribution in [0.15, 0.2) is 22.7 Å². The summed E-state index contributed by atoms with van der Waals surface area (Å²) in [6.45, 7) is 11.0. The van der Waals surface area contributed by atoms with Crippen LogP contribution in [0.5, 0.6) is 5.75 Å². The fourth-order valence-corrected chi connectivity index (χ4v) is 3.75. The Kier molecular flexibility index (Phi) is 9.02. The molecule has 27 heavy (non-hydrogen) atoms. The standard InChI is InChI=1S/C20H32BrN3O3/c1-14(2)12-24-7-8-27-17(13-24)10-23-20(25)11-22-15(3)16-5-6-19(26-4)18(21)9-16/h5-6,9,14-15,17,22H,7-8,10-13H2,1-4H3,(H,23,25). The first-order valence-electron chi connectivity index (χ1n) is 9.56. The minimum atomic E-state index is -0.0148. The van der Waals surface area contributed by atoms with E-state index in [4.69, 9.17) is 9.47 Å². The van der Waals surface area contributed by atoms with Crippen molar-refractivity contribution in [2.24, 2.45) is 5.92 Å². The summed E-state index contributed by atoms with van der Waals surface area (Å²) < 4.78 is 11.9. The van der Waals surface area contributed by atoms with Gasteiger partial charge in [-0.15, -0.1) is 0 Å². The van der Waals surface area contributed by atoms with Crippen molar-refractivity contribution in [1.82, 2.24) is 15.5 Å². The quantitative estimate of drug-likeness (QED) is 0.616. The zero-order valence-electron chi connectivity index (χ0n) is 16.8. The first-order valence-corrected chi connectivity index (χ1v) is 10.4. The van der Waals surface area contributed by atoms with E-state index in [9.17, 15) is 4.79 Å². The normalized spacial score (nSPS) is 19.1. The number of hydrogen-bond acceptors (Lipinski definition) is 5. The number of carbonyl (C=O) groups excluding carboxylic acids is 1. The SMILES string of the molecule is COc1ccc(C(C)NCC(=O)NCC2CN(CC(C)C)CCO2)cc1Br. The Morgan fingerprint density at radius 3 is 2.85 bits per heavy atom. The predicted octanol–water partition coefficient (Wildman–Crippen LogP) is 2.58. The van der Waals surface area contributed by atoms with Gasteiger partial charge in [0.25, 0.3) is 0 Å². The molecule has 1 aliphatic rings. The Morgan fingerprint density at radius 2 is 2.19 bits per heavy atom. The first-order chi connectivity index (χ1) is 12.9. The van der Waals surface area contributed by atoms with E-state index >= 15 is 0 Å². The molecule has 6 nitrogen and oxygen atoms in total. The maximum Gasteiger partial charge on any atom is 0.234 e. The van der Waals surface area contributed by atoms with Gasteiger partial charge in [-0.25, -0.2) is 0 Å². The summed E-state index contributed by atoms with van der Waals surface area (Å²) in [5.41, 5.74) is 1.09. The number of nitrogens with one attached hydrogen (secondary N) is 2. The summed E-state index contributed by atoms with van der Waals surface area (Å²) in [4.78, 5) is 14.6. The number of hydrogen-bond donors (Lipinski definition) is 2. The van der Waals surface area contributed by atoms with Crippen LogP contribution < -0.4 is 15.4 Å². The predicted molar refractivity (Wildman–Crippen MR) is 111 cm³/mol. The minimum Gasteiger partial charge on any atom is -0.496 e. The smallest absolute Gasteiger partial charge is 0.234 e. The average Bonchev–Trinajstić information content (AvgIpc) is 2.64. The molecule has 1 saturated heterocycles. The van der Waals surface area contributed by atoms with Crippen molar-refractivity contribution in [3.05, 3.63) is 28.2 Å². The fraction of sp³-hybridized carbons (Fsp3) is 0.650. The Hall–Kier alpha value is -1.15. The van der Waals surface area contributed by atoms with Crippen molar-refractivity contribution in [1.29, 1.82) is 0 Å². The van der Waals surface area contributed by atoms with Crippen LogP contribution in [0, 0.1) is 5.92 Å². The Balaban J connectivity index is 1.72. The van der Waals surface area contributed by atoms with E-state index in [2.05, 4.69) is 45.3 Å². The second-order valence-corrected chi connectivity index (χ2v) is 8.30. The molecular formula is C20H32BrN3O3. The average molecular weight is 442 g/mol. The van der Waals surface area contributed by atoms with Gasteiger partial charge >= 0.3 is 0 Å². The lowest BCUT2D eigenvalue weighted by molar-refractivity contribution is -0.121. The highest BCUT2D eigenvalue weighted by Crippen LogP contribution is 2.27. The summed E-state index contributed by atoms with van der Waals surface area (Å²) in [6, 6.07) is 5.98. The lowest BCUT2D eigenvalue weighted by Crippen LogP contribution is -2.49. The van der Waals surface area contributed by atoms with Gasteiger partial charge in [0.05, 0.1) is 30.8 Å². The molecule has 0 bridgehead atoms. The summed E-state index contributed by atoms with van der Waals surface area (Å²) in [5.74, 6) is 1.42. The van der Waals surface area contributed by atoms with Crippen LogP contribution in [-0.2, 0) is 9.53 Å². The van der Waals surface area contributed by atoms with E-state index in [1.165, 1.54) is 0 Å². The van der Waals surface area contributed by atoms with Gasteiger partial charge < -0.3 is 20.1 Å². The van der Waals surface area contributed by atoms with Gasteiger partial charge in [0, 0.05) is 32.2 Å². The Morgan fingerprint density at radius 1 is 1.41 bits per heavy atom. The maximum atomic E-state index is 12.2. The molecule has 1 heterocycles. The highest BCUT2D eigenvalue weighted by atomic mass is 79.9. The number of methoxy groups -OCH3 is 1. The third kappa shape index (κ3) is 7.41. The molecule has 0 saturated carbocycles. The highest BCUT2D eigenvalue weighted by Gasteiger charge is 2.21. The molecule has 2 unspecified atom stereocenters. The number of amides is 1. The van der Waals surface area contributed by atoms with Gasteiger partial charge in [-0.1, -0.05) is 19.9 Å². The number of nitrogens with zero attached hydrogens (tertiary/aromatic N) is 1. The minimum absolute atomic E-state index is 0.0148. The molecule has 0 radical (unpaired) electrons. The lowest BCUT2D eigenvalue weighted by atomic mass is 10.1. The summed E-state index contributed by atoms with van der Waals surface area (Å²) in [6.07, 6.45) is 0.0661. The molecule has 2 N–H and O–H groups in total. The Bertz CT molecular complexity index is 612. The zero-order valence-corrected chi connectivity index (χ0v) is 18.3. The lowest BCUT2D eigenvalue weighted by Gasteiger charge is -2.34. The third-order valence-electron chi connectivity index (χ3n) is 4.62. The van der Waals surface area contributed by atoms with Crippen LogP contribution in [0.25, 0.3) is 0 Å². The maximum absolute atomic E-state index is 12.2. The number of morpholine rings is 1. The molecule has 1 aromatic rings. The molecule has 1 fully saturated rings. The van der Waals surface area contributed by atoms with Crippen molar-refractivity contribution in [3.63, 3.8) is 0 Å². The van der Waals surface area contributed by atoms with Crippen molar-refractivity contribution in [2.45, 2.75) is 32.9 Å². The van der Waals surface area contributed by atoms with Crippen molar-refractivity contribution >= 4 is 21.8 Å².